The van der Waals surface area contributed by atoms with E-state index in [1.807, 2.05) is 13.0 Å². The summed E-state index contributed by atoms with van der Waals surface area (Å²) in [6, 6.07) is 2.20. The fraction of sp³-hybridized carbons (Fsp3) is 0.667. The van der Waals surface area contributed by atoms with E-state index in [0.29, 0.717) is 0 Å². The Kier molecular flexibility index (Phi) is 2.62. The molecule has 0 saturated carbocycles. The van der Waals surface area contributed by atoms with Crippen LogP contribution >= 0.6 is 11.5 Å². The zero-order chi connectivity index (χ0) is 9.26. The molecule has 0 radical (unpaired) electrons. The number of aliphatic hydroxyl groups excluding tert-OH is 1. The maximum absolute atomic E-state index is 9.94. The molecule has 3 nitrogen and oxygen atoms in total. The molecule has 1 fully saturated rings. The van der Waals surface area contributed by atoms with E-state index in [-0.39, 0.29) is 12.1 Å². The van der Waals surface area contributed by atoms with Gasteiger partial charge in [-0.15, -0.1) is 0 Å². The first-order valence-electron chi connectivity index (χ1n) is 4.62. The number of hydrogen-bond acceptors (Lipinski definition) is 4. The van der Waals surface area contributed by atoms with Gasteiger partial charge in [0, 0.05) is 6.04 Å². The zero-order valence-electron chi connectivity index (χ0n) is 7.66. The molecule has 13 heavy (non-hydrogen) atoms. The quantitative estimate of drug-likeness (QED) is 0.751. The standard InChI is InChI=1S/C9H14N2OS/c1-6-5-8(13-11-6)9(12)7-3-2-4-10-7/h5,7,9-10,12H,2-4H2,1H3/t7-,9?/m1/s1. The number of aryl methyl sites for hydroxylation is 1. The average Bonchev–Trinajstić information content (AvgIpc) is 2.72. The van der Waals surface area contributed by atoms with Crippen molar-refractivity contribution in [3.8, 4) is 0 Å². The lowest BCUT2D eigenvalue weighted by atomic mass is 10.1. The number of rotatable bonds is 2. The highest BCUT2D eigenvalue weighted by Gasteiger charge is 2.25. The van der Waals surface area contributed by atoms with Gasteiger partial charge in [-0.1, -0.05) is 0 Å². The van der Waals surface area contributed by atoms with Gasteiger partial charge in [0.2, 0.25) is 0 Å². The fourth-order valence-electron chi connectivity index (χ4n) is 1.70. The summed E-state index contributed by atoms with van der Waals surface area (Å²) < 4.78 is 4.16. The van der Waals surface area contributed by atoms with E-state index in [0.717, 1.165) is 23.5 Å². The molecule has 0 aromatic carbocycles. The number of nitrogens with zero attached hydrogens (tertiary/aromatic N) is 1. The van der Waals surface area contributed by atoms with Crippen LogP contribution in [0.1, 0.15) is 29.5 Å². The van der Waals surface area contributed by atoms with Crippen molar-refractivity contribution in [2.45, 2.75) is 31.9 Å². The van der Waals surface area contributed by atoms with E-state index in [1.165, 1.54) is 18.0 Å². The third kappa shape index (κ3) is 1.90. The minimum atomic E-state index is -0.367. The molecule has 1 unspecified atom stereocenters. The van der Waals surface area contributed by atoms with E-state index < -0.39 is 0 Å². The molecule has 2 N–H and O–H groups in total. The summed E-state index contributed by atoms with van der Waals surface area (Å²) in [6.07, 6.45) is 1.87. The first-order valence-corrected chi connectivity index (χ1v) is 5.39. The highest BCUT2D eigenvalue weighted by molar-refractivity contribution is 7.05. The van der Waals surface area contributed by atoms with Crippen LogP contribution in [0.3, 0.4) is 0 Å². The molecule has 0 spiro atoms. The SMILES string of the molecule is Cc1cc(C(O)[C@H]2CCCN2)sn1. The lowest BCUT2D eigenvalue weighted by Crippen LogP contribution is -2.28. The molecule has 2 atom stereocenters. The van der Waals surface area contributed by atoms with Crippen LogP contribution in [0.4, 0.5) is 0 Å². The van der Waals surface area contributed by atoms with Gasteiger partial charge in [-0.3, -0.25) is 0 Å². The van der Waals surface area contributed by atoms with Gasteiger partial charge in [0.25, 0.3) is 0 Å². The number of hydrogen-bond donors (Lipinski definition) is 2. The normalized spacial score (nSPS) is 24.9. The van der Waals surface area contributed by atoms with Gasteiger partial charge in [0.1, 0.15) is 6.10 Å². The van der Waals surface area contributed by atoms with E-state index in [2.05, 4.69) is 9.69 Å². The average molecular weight is 198 g/mol. The molecular formula is C9H14N2OS. The summed E-state index contributed by atoms with van der Waals surface area (Å²) in [6.45, 7) is 2.98. The summed E-state index contributed by atoms with van der Waals surface area (Å²) in [5.41, 5.74) is 0.997. The molecule has 1 saturated heterocycles. The lowest BCUT2D eigenvalue weighted by molar-refractivity contribution is 0.141. The van der Waals surface area contributed by atoms with E-state index in [1.54, 1.807) is 0 Å². The van der Waals surface area contributed by atoms with Crippen molar-refractivity contribution in [1.29, 1.82) is 0 Å². The maximum Gasteiger partial charge on any atom is 0.105 e. The number of nitrogens with one attached hydrogen (secondary N) is 1. The number of aromatic nitrogens is 1. The molecule has 0 bridgehead atoms. The minimum absolute atomic E-state index is 0.236. The number of aliphatic hydroxyl groups is 1. The molecule has 0 amide bonds. The topological polar surface area (TPSA) is 45.1 Å². The summed E-state index contributed by atoms with van der Waals surface area (Å²) >= 11 is 1.40. The van der Waals surface area contributed by atoms with Gasteiger partial charge in [0.15, 0.2) is 0 Å². The third-order valence-electron chi connectivity index (χ3n) is 2.42. The summed E-state index contributed by atoms with van der Waals surface area (Å²) in [5, 5.41) is 13.2. The van der Waals surface area contributed by atoms with Crippen molar-refractivity contribution in [3.63, 3.8) is 0 Å². The Morgan fingerprint density at radius 2 is 2.62 bits per heavy atom. The van der Waals surface area contributed by atoms with E-state index in [9.17, 15) is 5.11 Å². The van der Waals surface area contributed by atoms with Crippen LogP contribution in [0.5, 0.6) is 0 Å². The van der Waals surface area contributed by atoms with Crippen LogP contribution in [0.15, 0.2) is 6.07 Å². The second-order valence-corrected chi connectivity index (χ2v) is 4.35. The van der Waals surface area contributed by atoms with Crippen LogP contribution in [0, 0.1) is 6.92 Å². The Hall–Kier alpha value is -0.450. The predicted octanol–water partition coefficient (Wildman–Crippen LogP) is 1.24. The molecular weight excluding hydrogens is 184 g/mol. The van der Waals surface area contributed by atoms with Crippen LogP contribution in [0.2, 0.25) is 0 Å². The maximum atomic E-state index is 9.94. The highest BCUT2D eigenvalue weighted by Crippen LogP contribution is 2.25. The summed E-state index contributed by atoms with van der Waals surface area (Å²) in [4.78, 5) is 0.983. The lowest BCUT2D eigenvalue weighted by Gasteiger charge is -2.15. The van der Waals surface area contributed by atoms with Crippen LogP contribution < -0.4 is 5.32 Å². The van der Waals surface area contributed by atoms with Crippen molar-refractivity contribution in [3.05, 3.63) is 16.6 Å². The van der Waals surface area contributed by atoms with E-state index in [4.69, 9.17) is 0 Å². The Bertz CT molecular complexity index is 281. The van der Waals surface area contributed by atoms with Crippen LogP contribution in [-0.4, -0.2) is 22.1 Å². The van der Waals surface area contributed by atoms with E-state index >= 15 is 0 Å². The van der Waals surface area contributed by atoms with Gasteiger partial charge >= 0.3 is 0 Å². The summed E-state index contributed by atoms with van der Waals surface area (Å²) in [5.74, 6) is 0. The van der Waals surface area contributed by atoms with Gasteiger partial charge < -0.3 is 10.4 Å². The van der Waals surface area contributed by atoms with Crippen molar-refractivity contribution in [2.24, 2.45) is 0 Å². The molecule has 4 heteroatoms. The van der Waals surface area contributed by atoms with Gasteiger partial charge in [-0.25, -0.2) is 0 Å². The van der Waals surface area contributed by atoms with Crippen molar-refractivity contribution in [2.75, 3.05) is 6.54 Å². The van der Waals surface area contributed by atoms with Crippen molar-refractivity contribution in [1.82, 2.24) is 9.69 Å². The fourth-order valence-corrected chi connectivity index (χ4v) is 2.50. The monoisotopic (exact) mass is 198 g/mol. The van der Waals surface area contributed by atoms with Gasteiger partial charge in [-0.2, -0.15) is 4.37 Å². The summed E-state index contributed by atoms with van der Waals surface area (Å²) in [7, 11) is 0. The zero-order valence-corrected chi connectivity index (χ0v) is 8.47. The molecule has 1 aliphatic heterocycles. The molecule has 2 rings (SSSR count). The minimum Gasteiger partial charge on any atom is -0.386 e. The Labute approximate surface area is 82.0 Å². The first kappa shape index (κ1) is 9.12. The second kappa shape index (κ2) is 3.74. The largest absolute Gasteiger partial charge is 0.386 e. The van der Waals surface area contributed by atoms with Crippen LogP contribution in [-0.2, 0) is 0 Å². The third-order valence-corrected chi connectivity index (χ3v) is 3.37. The molecule has 1 aromatic rings. The Balaban J connectivity index is 2.07. The first-order chi connectivity index (χ1) is 6.27. The smallest absolute Gasteiger partial charge is 0.105 e. The van der Waals surface area contributed by atoms with Crippen molar-refractivity contribution >= 4 is 11.5 Å². The highest BCUT2D eigenvalue weighted by atomic mass is 32.1. The van der Waals surface area contributed by atoms with Gasteiger partial charge in [-0.05, 0) is 43.9 Å². The second-order valence-electron chi connectivity index (χ2n) is 3.52. The van der Waals surface area contributed by atoms with Crippen LogP contribution in [0.25, 0.3) is 0 Å². The van der Waals surface area contributed by atoms with Crippen molar-refractivity contribution < 1.29 is 5.11 Å². The predicted molar refractivity (Wildman–Crippen MR) is 52.8 cm³/mol. The molecule has 2 heterocycles. The Morgan fingerprint density at radius 3 is 3.15 bits per heavy atom. The Morgan fingerprint density at radius 1 is 1.77 bits per heavy atom. The molecule has 1 aromatic heterocycles. The molecule has 1 aliphatic rings. The molecule has 72 valence electrons. The molecule has 0 aliphatic carbocycles. The van der Waals surface area contributed by atoms with Gasteiger partial charge in [0.05, 0.1) is 10.6 Å².